The van der Waals surface area contributed by atoms with E-state index in [1.807, 2.05) is 4.90 Å². The van der Waals surface area contributed by atoms with Crippen LogP contribution in [-0.2, 0) is 0 Å². The van der Waals surface area contributed by atoms with Crippen LogP contribution in [0.5, 0.6) is 11.5 Å². The zero-order valence-electron chi connectivity index (χ0n) is 14.9. The highest BCUT2D eigenvalue weighted by Gasteiger charge is 2.25. The Kier molecular flexibility index (Phi) is 5.90. The number of carbonyl (C=O) groups excluding carboxylic acids is 1. The fraction of sp³-hybridized carbons (Fsp3) is 0.471. The second-order valence-electron chi connectivity index (χ2n) is 5.94. The predicted molar refractivity (Wildman–Crippen MR) is 96.7 cm³/mol. The first-order chi connectivity index (χ1) is 12.7. The number of amides is 1. The molecule has 26 heavy (non-hydrogen) atoms. The Morgan fingerprint density at radius 3 is 2.77 bits per heavy atom. The normalized spacial score (nSPS) is 14.4. The number of aromatic nitrogens is 3. The van der Waals surface area contributed by atoms with Gasteiger partial charge in [-0.2, -0.15) is 10.1 Å². The van der Waals surface area contributed by atoms with Crippen molar-refractivity contribution >= 4 is 11.9 Å². The molecule has 1 saturated heterocycles. The first-order valence-corrected chi connectivity index (χ1v) is 8.63. The van der Waals surface area contributed by atoms with E-state index in [1.54, 1.807) is 25.3 Å². The summed E-state index contributed by atoms with van der Waals surface area (Å²) in [7, 11) is 1.58. The lowest BCUT2D eigenvalue weighted by Gasteiger charge is -2.34. The third-order valence-electron chi connectivity index (χ3n) is 4.29. The molecule has 2 heterocycles. The van der Waals surface area contributed by atoms with Crippen LogP contribution in [0.1, 0.15) is 16.8 Å². The number of aromatic amines is 1. The molecule has 1 aromatic carbocycles. The van der Waals surface area contributed by atoms with Gasteiger partial charge in [-0.05, 0) is 31.2 Å². The maximum absolute atomic E-state index is 13.0. The van der Waals surface area contributed by atoms with Gasteiger partial charge in [0.1, 0.15) is 17.8 Å². The molecule has 140 valence electrons. The number of anilines is 1. The Morgan fingerprint density at radius 1 is 1.31 bits per heavy atom. The Labute approximate surface area is 152 Å². The number of ether oxygens (including phenoxy) is 2. The van der Waals surface area contributed by atoms with Crippen molar-refractivity contribution in [1.29, 1.82) is 0 Å². The molecule has 1 aromatic heterocycles. The van der Waals surface area contributed by atoms with Crippen molar-refractivity contribution in [2.75, 3.05) is 51.3 Å². The van der Waals surface area contributed by atoms with Crippen LogP contribution in [0.15, 0.2) is 24.5 Å². The molecule has 0 aliphatic carbocycles. The molecule has 1 aliphatic heterocycles. The number of benzene rings is 1. The molecular weight excluding hydrogens is 336 g/mol. The van der Waals surface area contributed by atoms with Gasteiger partial charge >= 0.3 is 0 Å². The Bertz CT molecular complexity index is 713. The van der Waals surface area contributed by atoms with Gasteiger partial charge in [-0.25, -0.2) is 5.10 Å². The number of rotatable bonds is 7. The minimum atomic E-state index is -0.0659. The number of nitrogens with two attached hydrogens (primary N) is 1. The third-order valence-corrected chi connectivity index (χ3v) is 4.29. The van der Waals surface area contributed by atoms with Crippen LogP contribution in [0.3, 0.4) is 0 Å². The van der Waals surface area contributed by atoms with E-state index in [4.69, 9.17) is 15.2 Å². The SMILES string of the molecule is COc1ccc(OCCCN)c(C(=O)N2CCN(c3ncn[nH]3)CC2)c1. The standard InChI is InChI=1S/C17H24N6O3/c1-25-13-3-4-15(26-10-2-5-18)14(11-13)16(24)22-6-8-23(9-7-22)17-19-12-20-21-17/h3-4,11-12H,2,5-10,18H2,1H3,(H,19,20,21). The number of nitrogens with one attached hydrogen (secondary N) is 1. The van der Waals surface area contributed by atoms with Gasteiger partial charge in [-0.15, -0.1) is 0 Å². The van der Waals surface area contributed by atoms with Crippen molar-refractivity contribution in [3.63, 3.8) is 0 Å². The largest absolute Gasteiger partial charge is 0.497 e. The molecule has 0 spiro atoms. The lowest BCUT2D eigenvalue weighted by molar-refractivity contribution is 0.0741. The molecule has 0 bridgehead atoms. The molecule has 0 atom stereocenters. The summed E-state index contributed by atoms with van der Waals surface area (Å²) in [5.74, 6) is 1.84. The zero-order chi connectivity index (χ0) is 18.4. The molecule has 3 N–H and O–H groups in total. The topological polar surface area (TPSA) is 110 Å². The Morgan fingerprint density at radius 2 is 2.12 bits per heavy atom. The van der Waals surface area contributed by atoms with Crippen molar-refractivity contribution in [3.8, 4) is 11.5 Å². The van der Waals surface area contributed by atoms with Crippen LogP contribution in [-0.4, -0.2) is 72.4 Å². The molecule has 1 amide bonds. The minimum absolute atomic E-state index is 0.0659. The van der Waals surface area contributed by atoms with Gasteiger partial charge in [0.25, 0.3) is 5.91 Å². The fourth-order valence-electron chi connectivity index (χ4n) is 2.84. The summed E-state index contributed by atoms with van der Waals surface area (Å²) < 4.78 is 11.0. The number of nitrogens with zero attached hydrogens (tertiary/aromatic N) is 4. The lowest BCUT2D eigenvalue weighted by atomic mass is 10.1. The van der Waals surface area contributed by atoms with E-state index in [1.165, 1.54) is 6.33 Å². The predicted octanol–water partition coefficient (Wildman–Crippen LogP) is 0.503. The van der Waals surface area contributed by atoms with Crippen molar-refractivity contribution in [3.05, 3.63) is 30.1 Å². The van der Waals surface area contributed by atoms with Crippen molar-refractivity contribution < 1.29 is 14.3 Å². The van der Waals surface area contributed by atoms with Crippen LogP contribution >= 0.6 is 0 Å². The quantitative estimate of drug-likeness (QED) is 0.692. The van der Waals surface area contributed by atoms with Crippen LogP contribution in [0, 0.1) is 0 Å². The van der Waals surface area contributed by atoms with Crippen molar-refractivity contribution in [2.24, 2.45) is 5.73 Å². The number of carbonyl (C=O) groups is 1. The molecule has 0 radical (unpaired) electrons. The molecule has 0 unspecified atom stereocenters. The Hall–Kier alpha value is -2.81. The van der Waals surface area contributed by atoms with E-state index in [-0.39, 0.29) is 5.91 Å². The maximum atomic E-state index is 13.0. The van der Waals surface area contributed by atoms with Gasteiger partial charge in [-0.3, -0.25) is 4.79 Å². The second-order valence-corrected chi connectivity index (χ2v) is 5.94. The van der Waals surface area contributed by atoms with E-state index >= 15 is 0 Å². The van der Waals surface area contributed by atoms with Crippen LogP contribution in [0.4, 0.5) is 5.95 Å². The van der Waals surface area contributed by atoms with Crippen molar-refractivity contribution in [1.82, 2.24) is 20.1 Å². The summed E-state index contributed by atoms with van der Waals surface area (Å²) in [4.78, 5) is 21.1. The minimum Gasteiger partial charge on any atom is -0.497 e. The number of hydrogen-bond acceptors (Lipinski definition) is 7. The average molecular weight is 360 g/mol. The smallest absolute Gasteiger partial charge is 0.257 e. The number of piperazine rings is 1. The van der Waals surface area contributed by atoms with Gasteiger partial charge in [0.15, 0.2) is 0 Å². The summed E-state index contributed by atoms with van der Waals surface area (Å²) in [5, 5.41) is 6.72. The molecule has 2 aromatic rings. The maximum Gasteiger partial charge on any atom is 0.257 e. The van der Waals surface area contributed by atoms with E-state index in [0.29, 0.717) is 56.4 Å². The zero-order valence-corrected chi connectivity index (χ0v) is 14.9. The van der Waals surface area contributed by atoms with Gasteiger partial charge in [0.2, 0.25) is 5.95 Å². The van der Waals surface area contributed by atoms with E-state index in [2.05, 4.69) is 20.1 Å². The van der Waals surface area contributed by atoms with Crippen LogP contribution in [0.2, 0.25) is 0 Å². The molecule has 1 aliphatic rings. The molecule has 9 nitrogen and oxygen atoms in total. The molecule has 9 heteroatoms. The summed E-state index contributed by atoms with van der Waals surface area (Å²) in [6, 6.07) is 5.28. The summed E-state index contributed by atoms with van der Waals surface area (Å²) >= 11 is 0. The Balaban J connectivity index is 1.70. The average Bonchev–Trinajstić information content (AvgIpc) is 3.23. The number of hydrogen-bond donors (Lipinski definition) is 2. The van der Waals surface area contributed by atoms with Gasteiger partial charge in [-0.1, -0.05) is 0 Å². The lowest BCUT2D eigenvalue weighted by Crippen LogP contribution is -2.49. The van der Waals surface area contributed by atoms with Crippen LogP contribution in [0.25, 0.3) is 0 Å². The highest BCUT2D eigenvalue weighted by molar-refractivity contribution is 5.97. The summed E-state index contributed by atoms with van der Waals surface area (Å²) in [6.45, 7) is 3.59. The van der Waals surface area contributed by atoms with Gasteiger partial charge in [0.05, 0.1) is 19.3 Å². The van der Waals surface area contributed by atoms with E-state index < -0.39 is 0 Å². The van der Waals surface area contributed by atoms with Gasteiger partial charge in [0, 0.05) is 26.2 Å². The van der Waals surface area contributed by atoms with E-state index in [9.17, 15) is 4.79 Å². The second kappa shape index (κ2) is 8.52. The monoisotopic (exact) mass is 360 g/mol. The number of H-pyrrole nitrogens is 1. The summed E-state index contributed by atoms with van der Waals surface area (Å²) in [6.07, 6.45) is 2.21. The fourth-order valence-corrected chi connectivity index (χ4v) is 2.84. The molecular formula is C17H24N6O3. The first-order valence-electron chi connectivity index (χ1n) is 8.63. The highest BCUT2D eigenvalue weighted by atomic mass is 16.5. The first kappa shape index (κ1) is 18.0. The van der Waals surface area contributed by atoms with Crippen LogP contribution < -0.4 is 20.1 Å². The highest BCUT2D eigenvalue weighted by Crippen LogP contribution is 2.26. The van der Waals surface area contributed by atoms with Crippen molar-refractivity contribution in [2.45, 2.75) is 6.42 Å². The molecule has 3 rings (SSSR count). The number of methoxy groups -OCH3 is 1. The van der Waals surface area contributed by atoms with Gasteiger partial charge < -0.3 is 25.0 Å². The van der Waals surface area contributed by atoms with E-state index in [0.717, 1.165) is 12.4 Å². The molecule has 0 saturated carbocycles. The summed E-state index contributed by atoms with van der Waals surface area (Å²) in [5.41, 5.74) is 6.02. The third kappa shape index (κ3) is 4.05. The molecule has 1 fully saturated rings.